The summed E-state index contributed by atoms with van der Waals surface area (Å²) >= 11 is 0. The Kier molecular flexibility index (Phi) is 5.52. The molecule has 5 aliphatic carbocycles. The summed E-state index contributed by atoms with van der Waals surface area (Å²) in [5.74, 6) is -1.05. The zero-order valence-corrected chi connectivity index (χ0v) is 15.7. The van der Waals surface area contributed by atoms with Crippen LogP contribution in [-0.2, 0) is 14.4 Å². The van der Waals surface area contributed by atoms with E-state index < -0.39 is 28.7 Å². The van der Waals surface area contributed by atoms with Crippen LogP contribution in [0, 0.1) is 34.5 Å². The fourth-order valence-electron chi connectivity index (χ4n) is 6.41. The number of aliphatic carboxylic acids is 3. The normalized spacial score (nSPS) is 42.1. The summed E-state index contributed by atoms with van der Waals surface area (Å²) in [5.41, 5.74) is 4.04. The number of nitrogens with two attached hydrogens (primary N) is 1. The molecule has 152 valence electrons. The van der Waals surface area contributed by atoms with Crippen LogP contribution in [-0.4, -0.2) is 39.8 Å². The van der Waals surface area contributed by atoms with Gasteiger partial charge in [-0.1, -0.05) is 0 Å². The van der Waals surface area contributed by atoms with Crippen molar-refractivity contribution in [3.05, 3.63) is 0 Å². The molecule has 0 amide bonds. The van der Waals surface area contributed by atoms with Crippen LogP contribution in [0.5, 0.6) is 0 Å². The maximum absolute atomic E-state index is 11.4. The molecular formula is C20H31NO6. The number of hydrogen-bond acceptors (Lipinski definition) is 4. The summed E-state index contributed by atoms with van der Waals surface area (Å²) < 4.78 is 0. The molecule has 0 unspecified atom stereocenters. The smallest absolute Gasteiger partial charge is 0.309 e. The molecule has 0 aliphatic heterocycles. The van der Waals surface area contributed by atoms with E-state index in [1.807, 2.05) is 0 Å². The van der Waals surface area contributed by atoms with E-state index >= 15 is 0 Å². The minimum Gasteiger partial charge on any atom is -0.481 e. The molecule has 0 radical (unpaired) electrons. The zero-order chi connectivity index (χ0) is 19.8. The second-order valence-corrected chi connectivity index (χ2v) is 9.42. The molecule has 0 spiro atoms. The average Bonchev–Trinajstić information content (AvgIpc) is 2.61. The molecule has 0 saturated heterocycles. The first-order valence-electron chi connectivity index (χ1n) is 10.1. The molecule has 0 aromatic carbocycles. The lowest BCUT2D eigenvalue weighted by atomic mass is 9.44. The minimum absolute atomic E-state index is 0.0993. The van der Waals surface area contributed by atoms with Gasteiger partial charge in [0.05, 0.1) is 16.7 Å². The van der Waals surface area contributed by atoms with Gasteiger partial charge in [-0.25, -0.2) is 0 Å². The number of carboxylic acid groups (broad SMARTS) is 3. The Bertz CT molecular complexity index is 564. The van der Waals surface area contributed by atoms with Crippen molar-refractivity contribution in [3.63, 3.8) is 0 Å². The molecule has 27 heavy (non-hydrogen) atoms. The molecule has 5 N–H and O–H groups in total. The van der Waals surface area contributed by atoms with Crippen molar-refractivity contribution < 1.29 is 29.7 Å². The summed E-state index contributed by atoms with van der Waals surface area (Å²) in [6.07, 6.45) is 7.83. The minimum atomic E-state index is -0.771. The third-order valence-electron chi connectivity index (χ3n) is 7.50. The van der Waals surface area contributed by atoms with E-state index in [1.54, 1.807) is 0 Å². The van der Waals surface area contributed by atoms with Gasteiger partial charge in [0.2, 0.25) is 0 Å². The Hall–Kier alpha value is -1.63. The van der Waals surface area contributed by atoms with Crippen LogP contribution >= 0.6 is 0 Å². The fraction of sp³-hybridized carbons (Fsp3) is 0.850. The Balaban J connectivity index is 0.000000168. The zero-order valence-electron chi connectivity index (χ0n) is 15.7. The molecule has 5 aliphatic rings. The van der Waals surface area contributed by atoms with Gasteiger partial charge in [-0.15, -0.1) is 0 Å². The highest BCUT2D eigenvalue weighted by atomic mass is 16.4. The topological polar surface area (TPSA) is 138 Å². The second-order valence-electron chi connectivity index (χ2n) is 9.42. The third kappa shape index (κ3) is 3.84. The van der Waals surface area contributed by atoms with Crippen LogP contribution in [0.3, 0.4) is 0 Å². The van der Waals surface area contributed by atoms with Gasteiger partial charge in [0.15, 0.2) is 0 Å². The van der Waals surface area contributed by atoms with Gasteiger partial charge in [-0.3, -0.25) is 14.4 Å². The van der Waals surface area contributed by atoms with E-state index in [1.165, 1.54) is 0 Å². The predicted octanol–water partition coefficient (Wildman–Crippen LogP) is 2.58. The van der Waals surface area contributed by atoms with Gasteiger partial charge in [0.1, 0.15) is 0 Å². The molecule has 5 fully saturated rings. The molecule has 7 nitrogen and oxygen atoms in total. The Morgan fingerprint density at radius 2 is 1.26 bits per heavy atom. The Labute approximate surface area is 159 Å². The molecular weight excluding hydrogens is 350 g/mol. The molecule has 7 heteroatoms. The predicted molar refractivity (Wildman–Crippen MR) is 97.0 cm³/mol. The van der Waals surface area contributed by atoms with Gasteiger partial charge < -0.3 is 21.1 Å². The van der Waals surface area contributed by atoms with E-state index in [9.17, 15) is 24.6 Å². The van der Waals surface area contributed by atoms with Crippen molar-refractivity contribution >= 4 is 17.9 Å². The molecule has 5 rings (SSSR count). The van der Waals surface area contributed by atoms with Gasteiger partial charge in [-0.2, -0.15) is 0 Å². The lowest BCUT2D eigenvalue weighted by Gasteiger charge is -2.58. The SMILES string of the molecule is NCC1CCC(C(=O)O)CC1.O=C(O)C12CC3CC(C1)CC(C(=O)O)(C3)C2. The monoisotopic (exact) mass is 381 g/mol. The van der Waals surface area contributed by atoms with E-state index in [4.69, 9.17) is 10.8 Å². The van der Waals surface area contributed by atoms with Gasteiger partial charge in [0.25, 0.3) is 0 Å². The summed E-state index contributed by atoms with van der Waals surface area (Å²) in [5, 5.41) is 27.4. The molecule has 5 saturated carbocycles. The van der Waals surface area contributed by atoms with Crippen LogP contribution < -0.4 is 5.73 Å². The molecule has 0 atom stereocenters. The van der Waals surface area contributed by atoms with Gasteiger partial charge in [-0.05, 0) is 88.5 Å². The van der Waals surface area contributed by atoms with Gasteiger partial charge in [0, 0.05) is 0 Å². The van der Waals surface area contributed by atoms with E-state index in [-0.39, 0.29) is 5.92 Å². The summed E-state index contributed by atoms with van der Waals surface area (Å²) in [7, 11) is 0. The number of hydrogen-bond donors (Lipinski definition) is 4. The first kappa shape index (κ1) is 20.1. The van der Waals surface area contributed by atoms with E-state index in [2.05, 4.69) is 0 Å². The molecule has 0 aromatic heterocycles. The van der Waals surface area contributed by atoms with Crippen LogP contribution in [0.15, 0.2) is 0 Å². The molecule has 0 aromatic rings. The number of carboxylic acids is 3. The third-order valence-corrected chi connectivity index (χ3v) is 7.50. The molecule has 0 heterocycles. The highest BCUT2D eigenvalue weighted by molar-refractivity contribution is 5.81. The largest absolute Gasteiger partial charge is 0.481 e. The van der Waals surface area contributed by atoms with Crippen molar-refractivity contribution in [3.8, 4) is 0 Å². The van der Waals surface area contributed by atoms with Crippen LogP contribution in [0.2, 0.25) is 0 Å². The highest BCUT2D eigenvalue weighted by Crippen LogP contribution is 2.65. The van der Waals surface area contributed by atoms with Crippen LogP contribution in [0.1, 0.15) is 64.2 Å². The maximum atomic E-state index is 11.4. The van der Waals surface area contributed by atoms with Crippen LogP contribution in [0.4, 0.5) is 0 Å². The Morgan fingerprint density at radius 3 is 1.59 bits per heavy atom. The van der Waals surface area contributed by atoms with Crippen molar-refractivity contribution in [1.82, 2.24) is 0 Å². The Morgan fingerprint density at radius 1 is 0.815 bits per heavy atom. The lowest BCUT2D eigenvalue weighted by Crippen LogP contribution is -2.57. The summed E-state index contributed by atoms with van der Waals surface area (Å²) in [6, 6.07) is 0. The quantitative estimate of drug-likeness (QED) is 0.587. The molecule has 4 bridgehead atoms. The summed E-state index contributed by atoms with van der Waals surface area (Å²) in [6.45, 7) is 0.715. The first-order valence-corrected chi connectivity index (χ1v) is 10.1. The average molecular weight is 381 g/mol. The number of carbonyl (C=O) groups is 3. The standard InChI is InChI=1S/C12H16O4.C8H15NO2/c13-9(14)11-2-7-1-8(4-11)5-12(3-7,6-11)10(15)16;9-5-6-1-3-7(4-2-6)8(10)11/h7-8H,1-6H2,(H,13,14)(H,15,16);6-7H,1-5,9H2,(H,10,11). The lowest BCUT2D eigenvalue weighted by molar-refractivity contribution is -0.187. The van der Waals surface area contributed by atoms with E-state index in [0.717, 1.165) is 32.1 Å². The van der Waals surface area contributed by atoms with Crippen molar-refractivity contribution in [2.45, 2.75) is 64.2 Å². The van der Waals surface area contributed by atoms with Crippen molar-refractivity contribution in [2.24, 2.45) is 40.2 Å². The van der Waals surface area contributed by atoms with Crippen molar-refractivity contribution in [1.29, 1.82) is 0 Å². The summed E-state index contributed by atoms with van der Waals surface area (Å²) in [4.78, 5) is 33.4. The first-order chi connectivity index (χ1) is 12.7. The highest BCUT2D eigenvalue weighted by Gasteiger charge is 2.63. The van der Waals surface area contributed by atoms with E-state index in [0.29, 0.717) is 56.4 Å². The van der Waals surface area contributed by atoms with Crippen molar-refractivity contribution in [2.75, 3.05) is 6.54 Å². The van der Waals surface area contributed by atoms with Gasteiger partial charge >= 0.3 is 17.9 Å². The number of rotatable bonds is 4. The van der Waals surface area contributed by atoms with Crippen LogP contribution in [0.25, 0.3) is 0 Å². The maximum Gasteiger partial charge on any atom is 0.309 e. The second kappa shape index (κ2) is 7.41. The fourth-order valence-corrected chi connectivity index (χ4v) is 6.41.